The number of benzene rings is 1. The SMILES string of the molecule is CC(C)[C@@H]1CN(Cc2cccc(C#N)c2)CCCN1CC1CC1. The molecule has 0 spiro atoms. The molecule has 0 N–H and O–H groups in total. The molecule has 3 rings (SSSR count). The quantitative estimate of drug-likeness (QED) is 0.834. The van der Waals surface area contributed by atoms with Crippen LogP contribution < -0.4 is 0 Å². The zero-order chi connectivity index (χ0) is 16.2. The number of nitrogens with zero attached hydrogens (tertiary/aromatic N) is 3. The number of nitriles is 1. The zero-order valence-corrected chi connectivity index (χ0v) is 14.5. The highest BCUT2D eigenvalue weighted by atomic mass is 15.2. The van der Waals surface area contributed by atoms with Gasteiger partial charge in [-0.15, -0.1) is 0 Å². The van der Waals surface area contributed by atoms with Gasteiger partial charge in [-0.25, -0.2) is 0 Å². The molecule has 1 aromatic rings. The van der Waals surface area contributed by atoms with E-state index in [4.69, 9.17) is 5.26 Å². The van der Waals surface area contributed by atoms with Gasteiger partial charge in [0.05, 0.1) is 11.6 Å². The molecule has 2 aliphatic rings. The van der Waals surface area contributed by atoms with Crippen molar-refractivity contribution in [3.63, 3.8) is 0 Å². The second kappa shape index (κ2) is 7.47. The molecule has 1 aromatic carbocycles. The van der Waals surface area contributed by atoms with Gasteiger partial charge < -0.3 is 0 Å². The number of hydrogen-bond donors (Lipinski definition) is 0. The highest BCUT2D eigenvalue weighted by molar-refractivity contribution is 5.32. The Labute approximate surface area is 140 Å². The predicted octanol–water partition coefficient (Wildman–Crippen LogP) is 3.50. The molecule has 3 nitrogen and oxygen atoms in total. The molecule has 0 unspecified atom stereocenters. The van der Waals surface area contributed by atoms with E-state index in [0.29, 0.717) is 12.0 Å². The maximum atomic E-state index is 9.08. The van der Waals surface area contributed by atoms with Crippen LogP contribution in [0, 0.1) is 23.2 Å². The third-order valence-electron chi connectivity index (χ3n) is 5.26. The molecule has 0 radical (unpaired) electrons. The van der Waals surface area contributed by atoms with Crippen molar-refractivity contribution in [3.05, 3.63) is 35.4 Å². The summed E-state index contributed by atoms with van der Waals surface area (Å²) in [6, 6.07) is 11.0. The van der Waals surface area contributed by atoms with Crippen LogP contribution in [0.4, 0.5) is 0 Å². The van der Waals surface area contributed by atoms with Crippen LogP contribution in [-0.2, 0) is 6.54 Å². The van der Waals surface area contributed by atoms with Crippen LogP contribution in [0.3, 0.4) is 0 Å². The molecule has 23 heavy (non-hydrogen) atoms. The molecular weight excluding hydrogens is 282 g/mol. The Morgan fingerprint density at radius 3 is 2.78 bits per heavy atom. The zero-order valence-electron chi connectivity index (χ0n) is 14.5. The summed E-state index contributed by atoms with van der Waals surface area (Å²) in [5.74, 6) is 1.66. The molecule has 1 aliphatic carbocycles. The van der Waals surface area contributed by atoms with Crippen LogP contribution in [0.1, 0.15) is 44.2 Å². The summed E-state index contributed by atoms with van der Waals surface area (Å²) in [6.45, 7) is 10.6. The molecule has 2 fully saturated rings. The van der Waals surface area contributed by atoms with Gasteiger partial charge in [-0.05, 0) is 61.9 Å². The first-order valence-corrected chi connectivity index (χ1v) is 9.11. The lowest BCUT2D eigenvalue weighted by atomic mass is 10.0. The third kappa shape index (κ3) is 4.56. The van der Waals surface area contributed by atoms with E-state index in [1.165, 1.54) is 44.5 Å². The molecule has 1 atom stereocenters. The Kier molecular flexibility index (Phi) is 5.35. The van der Waals surface area contributed by atoms with Crippen LogP contribution in [0.15, 0.2) is 24.3 Å². The standard InChI is InChI=1S/C20H29N3/c1-16(2)20-15-22(9-4-10-23(20)14-17-7-8-17)13-19-6-3-5-18(11-19)12-21/h3,5-6,11,16-17,20H,4,7-10,13-15H2,1-2H3/t20-/m0/s1. The second-order valence-electron chi connectivity index (χ2n) is 7.65. The summed E-state index contributed by atoms with van der Waals surface area (Å²) in [7, 11) is 0. The van der Waals surface area contributed by atoms with Gasteiger partial charge in [0, 0.05) is 25.7 Å². The van der Waals surface area contributed by atoms with Gasteiger partial charge in [0.25, 0.3) is 0 Å². The lowest BCUT2D eigenvalue weighted by molar-refractivity contribution is 0.132. The molecule has 1 saturated heterocycles. The molecule has 0 bridgehead atoms. The Morgan fingerprint density at radius 2 is 2.09 bits per heavy atom. The fraction of sp³-hybridized carbons (Fsp3) is 0.650. The van der Waals surface area contributed by atoms with Crippen molar-refractivity contribution >= 4 is 0 Å². The van der Waals surface area contributed by atoms with Gasteiger partial charge in [-0.2, -0.15) is 5.26 Å². The monoisotopic (exact) mass is 311 g/mol. The minimum absolute atomic E-state index is 0.664. The fourth-order valence-corrected chi connectivity index (χ4v) is 3.77. The lowest BCUT2D eigenvalue weighted by Gasteiger charge is -2.34. The van der Waals surface area contributed by atoms with Gasteiger partial charge in [-0.1, -0.05) is 26.0 Å². The smallest absolute Gasteiger partial charge is 0.0991 e. The summed E-state index contributed by atoms with van der Waals surface area (Å²) in [6.07, 6.45) is 4.13. The second-order valence-corrected chi connectivity index (χ2v) is 7.65. The van der Waals surface area contributed by atoms with Crippen molar-refractivity contribution in [1.82, 2.24) is 9.80 Å². The summed E-state index contributed by atoms with van der Waals surface area (Å²) < 4.78 is 0. The first-order valence-electron chi connectivity index (χ1n) is 9.11. The molecule has 3 heteroatoms. The Morgan fingerprint density at radius 1 is 1.26 bits per heavy atom. The highest BCUT2D eigenvalue weighted by Crippen LogP contribution is 2.32. The van der Waals surface area contributed by atoms with Gasteiger partial charge in [0.15, 0.2) is 0 Å². The van der Waals surface area contributed by atoms with E-state index in [0.717, 1.165) is 24.6 Å². The molecular formula is C20H29N3. The van der Waals surface area contributed by atoms with E-state index < -0.39 is 0 Å². The molecule has 1 heterocycles. The van der Waals surface area contributed by atoms with E-state index in [2.05, 4.69) is 35.8 Å². The summed E-state index contributed by atoms with van der Waals surface area (Å²) in [4.78, 5) is 5.35. The summed E-state index contributed by atoms with van der Waals surface area (Å²) in [5, 5.41) is 9.08. The maximum absolute atomic E-state index is 9.08. The summed E-state index contributed by atoms with van der Waals surface area (Å²) in [5.41, 5.74) is 2.04. The van der Waals surface area contributed by atoms with Crippen LogP contribution in [0.2, 0.25) is 0 Å². The van der Waals surface area contributed by atoms with E-state index in [-0.39, 0.29) is 0 Å². The van der Waals surface area contributed by atoms with Crippen molar-refractivity contribution in [2.45, 2.75) is 45.7 Å². The van der Waals surface area contributed by atoms with Gasteiger partial charge >= 0.3 is 0 Å². The van der Waals surface area contributed by atoms with Crippen molar-refractivity contribution in [1.29, 1.82) is 5.26 Å². The Balaban J connectivity index is 1.66. The van der Waals surface area contributed by atoms with E-state index in [1.54, 1.807) is 0 Å². The van der Waals surface area contributed by atoms with Crippen LogP contribution >= 0.6 is 0 Å². The van der Waals surface area contributed by atoms with Gasteiger partial charge in [0.1, 0.15) is 0 Å². The van der Waals surface area contributed by atoms with Gasteiger partial charge in [-0.3, -0.25) is 9.80 Å². The average Bonchev–Trinajstić information content (AvgIpc) is 3.36. The minimum Gasteiger partial charge on any atom is -0.299 e. The Hall–Kier alpha value is -1.37. The fourth-order valence-electron chi connectivity index (χ4n) is 3.77. The Bertz CT molecular complexity index is 556. The average molecular weight is 311 g/mol. The van der Waals surface area contributed by atoms with Crippen LogP contribution in [0.25, 0.3) is 0 Å². The van der Waals surface area contributed by atoms with Crippen molar-refractivity contribution in [2.75, 3.05) is 26.2 Å². The first kappa shape index (κ1) is 16.5. The topological polar surface area (TPSA) is 30.3 Å². The highest BCUT2D eigenvalue weighted by Gasteiger charge is 2.32. The number of rotatable bonds is 5. The predicted molar refractivity (Wildman–Crippen MR) is 94.0 cm³/mol. The summed E-state index contributed by atoms with van der Waals surface area (Å²) >= 11 is 0. The van der Waals surface area contributed by atoms with E-state index in [9.17, 15) is 0 Å². The third-order valence-corrected chi connectivity index (χ3v) is 5.26. The molecule has 124 valence electrons. The van der Waals surface area contributed by atoms with Gasteiger partial charge in [0.2, 0.25) is 0 Å². The normalized spacial score (nSPS) is 23.7. The molecule has 0 aromatic heterocycles. The van der Waals surface area contributed by atoms with Crippen molar-refractivity contribution in [2.24, 2.45) is 11.8 Å². The van der Waals surface area contributed by atoms with Crippen LogP contribution in [0.5, 0.6) is 0 Å². The van der Waals surface area contributed by atoms with Crippen molar-refractivity contribution < 1.29 is 0 Å². The lowest BCUT2D eigenvalue weighted by Crippen LogP contribution is -2.45. The molecule has 1 aliphatic heterocycles. The largest absolute Gasteiger partial charge is 0.299 e. The maximum Gasteiger partial charge on any atom is 0.0991 e. The van der Waals surface area contributed by atoms with Crippen LogP contribution in [-0.4, -0.2) is 42.0 Å². The number of hydrogen-bond acceptors (Lipinski definition) is 3. The van der Waals surface area contributed by atoms with E-state index >= 15 is 0 Å². The van der Waals surface area contributed by atoms with Crippen molar-refractivity contribution in [3.8, 4) is 6.07 Å². The minimum atomic E-state index is 0.664. The molecule has 0 amide bonds. The first-order chi connectivity index (χ1) is 11.2. The molecule has 1 saturated carbocycles. The van der Waals surface area contributed by atoms with E-state index in [1.807, 2.05) is 18.2 Å².